The molecule has 13 nitrogen and oxygen atoms in total. The number of nitrogens with zero attached hydrogens (tertiary/aromatic N) is 3. The minimum absolute atomic E-state index is 0.255. The van der Waals surface area contributed by atoms with Crippen LogP contribution < -0.4 is 32.7 Å². The molecule has 10 N–H and O–H groups in total. The number of oxime groups is 1. The molecule has 0 fully saturated rings. The zero-order valence-corrected chi connectivity index (χ0v) is 17.8. The summed E-state index contributed by atoms with van der Waals surface area (Å²) in [5.74, 6) is -0.653. The fourth-order valence-corrected chi connectivity index (χ4v) is 1.57. The Balaban J connectivity index is 4.78. The van der Waals surface area contributed by atoms with E-state index in [9.17, 15) is 4.79 Å². The summed E-state index contributed by atoms with van der Waals surface area (Å²) in [7, 11) is 0. The number of nitrogens with two attached hydrogens (primary N) is 1. The number of hydroxylamine groups is 1. The monoisotopic (exact) mass is 444 g/mol. The summed E-state index contributed by atoms with van der Waals surface area (Å²) >= 11 is 0. The van der Waals surface area contributed by atoms with Gasteiger partial charge in [-0.2, -0.15) is 10.2 Å². The summed E-state index contributed by atoms with van der Waals surface area (Å²) in [6.45, 7) is 14.5. The highest BCUT2D eigenvalue weighted by atomic mass is 16.5. The van der Waals surface area contributed by atoms with E-state index >= 15 is 0 Å². The molecule has 0 unspecified atom stereocenters. The van der Waals surface area contributed by atoms with Crippen LogP contribution in [-0.4, -0.2) is 39.8 Å². The fourth-order valence-electron chi connectivity index (χ4n) is 1.57. The van der Waals surface area contributed by atoms with Crippen LogP contribution in [0.5, 0.6) is 0 Å². The van der Waals surface area contributed by atoms with Gasteiger partial charge < -0.3 is 21.6 Å². The minimum atomic E-state index is -0.543. The zero-order chi connectivity index (χ0) is 24.5. The molecule has 0 spiro atoms. The predicted octanol–water partition coefficient (Wildman–Crippen LogP) is 1.09. The summed E-state index contributed by atoms with van der Waals surface area (Å²) in [6.07, 6.45) is 9.34. The van der Waals surface area contributed by atoms with Gasteiger partial charge in [0.1, 0.15) is 0 Å². The van der Waals surface area contributed by atoms with Gasteiger partial charge in [0.25, 0.3) is 5.96 Å². The first-order valence-electron chi connectivity index (χ1n) is 8.84. The van der Waals surface area contributed by atoms with Crippen molar-refractivity contribution in [2.24, 2.45) is 21.1 Å². The highest BCUT2D eigenvalue weighted by Crippen LogP contribution is 2.00. The second kappa shape index (κ2) is 15.2. The number of carbonyl (C=O) groups excluding carboxylic acids is 1. The van der Waals surface area contributed by atoms with E-state index in [1.807, 2.05) is 0 Å². The molecule has 0 rings (SSSR count). The first-order valence-corrected chi connectivity index (χ1v) is 8.84. The first kappa shape index (κ1) is 27.4. The molecule has 0 aliphatic rings. The number of carbonyl (C=O) groups is 1. The quantitative estimate of drug-likeness (QED) is 0.0787. The third-order valence-corrected chi connectivity index (χ3v) is 3.22. The van der Waals surface area contributed by atoms with E-state index in [4.69, 9.17) is 21.6 Å². The Labute approximate surface area is 185 Å². The molecule has 0 saturated heterocycles. The predicted molar refractivity (Wildman–Crippen MR) is 125 cm³/mol. The second-order valence-corrected chi connectivity index (χ2v) is 5.79. The topological polar surface area (TPSA) is 205 Å². The Bertz CT molecular complexity index is 910. The van der Waals surface area contributed by atoms with Gasteiger partial charge in [0.05, 0.1) is 11.4 Å². The van der Waals surface area contributed by atoms with Crippen molar-refractivity contribution in [1.82, 2.24) is 27.0 Å². The summed E-state index contributed by atoms with van der Waals surface area (Å²) < 4.78 is 0. The summed E-state index contributed by atoms with van der Waals surface area (Å²) in [5.41, 5.74) is 13.5. The van der Waals surface area contributed by atoms with Crippen LogP contribution in [0.15, 0.2) is 88.5 Å². The maximum absolute atomic E-state index is 12.1. The van der Waals surface area contributed by atoms with Gasteiger partial charge >= 0.3 is 6.03 Å². The van der Waals surface area contributed by atoms with Crippen molar-refractivity contribution >= 4 is 29.4 Å². The van der Waals surface area contributed by atoms with Crippen molar-refractivity contribution < 1.29 is 15.2 Å². The van der Waals surface area contributed by atoms with Crippen molar-refractivity contribution in [3.63, 3.8) is 0 Å². The lowest BCUT2D eigenvalue weighted by Crippen LogP contribution is -2.33. The number of amides is 2. The van der Waals surface area contributed by atoms with E-state index in [0.717, 1.165) is 0 Å². The van der Waals surface area contributed by atoms with Gasteiger partial charge in [-0.1, -0.05) is 31.9 Å². The molecule has 0 aliphatic carbocycles. The molecule has 0 aromatic heterocycles. The SMILES string of the molecule is C=C\C(=C/C=C/C(C)=N/N/C(N)=N/O)NC(=O)NC(=C)/C=C\C(=C)/C(C)=N/NC(=N)NO. The van der Waals surface area contributed by atoms with Crippen LogP contribution in [-0.2, 0) is 0 Å². The van der Waals surface area contributed by atoms with Crippen LogP contribution in [0.2, 0.25) is 0 Å². The Morgan fingerprint density at radius 2 is 1.78 bits per heavy atom. The number of hydrogen-bond donors (Lipinski definition) is 9. The Morgan fingerprint density at radius 3 is 2.38 bits per heavy atom. The number of urea groups is 1. The third kappa shape index (κ3) is 12.7. The van der Waals surface area contributed by atoms with E-state index in [0.29, 0.717) is 22.7 Å². The van der Waals surface area contributed by atoms with Crippen LogP contribution in [0.25, 0.3) is 0 Å². The molecule has 0 atom stereocenters. The van der Waals surface area contributed by atoms with Crippen LogP contribution in [0.4, 0.5) is 4.79 Å². The molecule has 0 aliphatic heterocycles. The molecule has 13 heteroatoms. The summed E-state index contributed by atoms with van der Waals surface area (Å²) in [5, 5.41) is 39.6. The van der Waals surface area contributed by atoms with Crippen LogP contribution in [0.3, 0.4) is 0 Å². The van der Waals surface area contributed by atoms with E-state index < -0.39 is 12.0 Å². The van der Waals surface area contributed by atoms with Crippen molar-refractivity contribution in [3.8, 4) is 0 Å². The van der Waals surface area contributed by atoms with Crippen molar-refractivity contribution in [2.75, 3.05) is 0 Å². The van der Waals surface area contributed by atoms with Gasteiger partial charge in [0.15, 0.2) is 0 Å². The minimum Gasteiger partial charge on any atom is -0.408 e. The van der Waals surface area contributed by atoms with Crippen LogP contribution >= 0.6 is 0 Å². The molecule has 0 aromatic carbocycles. The fraction of sp³-hybridized carbons (Fsp3) is 0.105. The highest BCUT2D eigenvalue weighted by Gasteiger charge is 2.02. The van der Waals surface area contributed by atoms with Crippen LogP contribution in [0, 0.1) is 5.41 Å². The number of allylic oxidation sites excluding steroid dienone is 7. The zero-order valence-electron chi connectivity index (χ0n) is 17.8. The lowest BCUT2D eigenvalue weighted by molar-refractivity contribution is 0.228. The highest BCUT2D eigenvalue weighted by molar-refractivity contribution is 6.00. The third-order valence-electron chi connectivity index (χ3n) is 3.22. The largest absolute Gasteiger partial charge is 0.408 e. The van der Waals surface area contributed by atoms with Gasteiger partial charge in [-0.15, -0.1) is 0 Å². The smallest absolute Gasteiger partial charge is 0.323 e. The Morgan fingerprint density at radius 1 is 1.09 bits per heavy atom. The summed E-state index contributed by atoms with van der Waals surface area (Å²) in [4.78, 5) is 12.1. The van der Waals surface area contributed by atoms with E-state index in [1.165, 1.54) is 12.2 Å². The number of guanidine groups is 2. The molecule has 0 aromatic rings. The van der Waals surface area contributed by atoms with Gasteiger partial charge in [0, 0.05) is 11.4 Å². The number of rotatable bonds is 10. The lowest BCUT2D eigenvalue weighted by Gasteiger charge is -2.08. The van der Waals surface area contributed by atoms with E-state index in [-0.39, 0.29) is 11.7 Å². The Kier molecular flexibility index (Phi) is 13.0. The lowest BCUT2D eigenvalue weighted by atomic mass is 10.2. The van der Waals surface area contributed by atoms with Gasteiger partial charge in [-0.3, -0.25) is 10.6 Å². The number of nitrogens with one attached hydrogen (secondary N) is 6. The van der Waals surface area contributed by atoms with Gasteiger partial charge in [0.2, 0.25) is 5.96 Å². The molecule has 0 saturated carbocycles. The van der Waals surface area contributed by atoms with Crippen molar-refractivity contribution in [1.29, 1.82) is 5.41 Å². The van der Waals surface area contributed by atoms with Gasteiger partial charge in [-0.25, -0.2) is 21.1 Å². The molecule has 0 radical (unpaired) electrons. The average molecular weight is 445 g/mol. The summed E-state index contributed by atoms with van der Waals surface area (Å²) in [6, 6.07) is -0.543. The Hall–Kier alpha value is -4.65. The van der Waals surface area contributed by atoms with Crippen molar-refractivity contribution in [3.05, 3.63) is 73.2 Å². The molecule has 32 heavy (non-hydrogen) atoms. The molecular formula is C19H28N10O3. The number of hydrazone groups is 2. The standard InChI is InChI=1S/C19H28N10O3/c1-6-16(9-7-8-14(4)24-26-17(20)28-31)23-19(30)22-13(3)11-10-12(2)15(5)25-27-18(21)29-32/h6-11,31-32H,1-3H2,4-5H3,(H3,20,26,28)(H3,21,27,29)(H2,22,23,30)/b8-7+,11-10-,16-9+,24-14+,25-15+. The molecule has 0 heterocycles. The normalized spacial score (nSPS) is 13.0. The molecule has 0 bridgehead atoms. The first-order chi connectivity index (χ1) is 15.1. The molecule has 2 amide bonds. The molecule has 172 valence electrons. The van der Waals surface area contributed by atoms with E-state index in [1.54, 1.807) is 43.6 Å². The average Bonchev–Trinajstić information content (AvgIpc) is 2.77. The van der Waals surface area contributed by atoms with E-state index in [2.05, 4.69) is 56.6 Å². The maximum atomic E-state index is 12.1. The van der Waals surface area contributed by atoms with Crippen LogP contribution in [0.1, 0.15) is 13.8 Å². The van der Waals surface area contributed by atoms with Gasteiger partial charge in [-0.05, 0) is 48.9 Å². The maximum Gasteiger partial charge on any atom is 0.323 e. The number of hydrogen-bond acceptors (Lipinski definition) is 7. The second-order valence-electron chi connectivity index (χ2n) is 5.79. The molecular weight excluding hydrogens is 416 g/mol. The van der Waals surface area contributed by atoms with Crippen molar-refractivity contribution in [2.45, 2.75) is 13.8 Å².